The normalized spacial score (nSPS) is 12.7. The molecule has 3 rings (SSSR count). The van der Waals surface area contributed by atoms with Crippen LogP contribution in [0.15, 0.2) is 30.6 Å². The van der Waals surface area contributed by atoms with Gasteiger partial charge in [-0.25, -0.2) is 4.98 Å². The van der Waals surface area contributed by atoms with E-state index in [2.05, 4.69) is 53.3 Å². The molecule has 1 unspecified atom stereocenters. The lowest BCUT2D eigenvalue weighted by Gasteiger charge is -2.21. The number of anilines is 3. The Morgan fingerprint density at radius 2 is 1.93 bits per heavy atom. The van der Waals surface area contributed by atoms with Gasteiger partial charge in [0.2, 0.25) is 5.95 Å². The number of halogens is 1. The molecule has 0 saturated carbocycles. The van der Waals surface area contributed by atoms with Crippen molar-refractivity contribution in [2.45, 2.75) is 40.0 Å². The number of ether oxygens (including phenoxy) is 1. The van der Waals surface area contributed by atoms with Crippen LogP contribution in [-0.4, -0.2) is 32.9 Å². The summed E-state index contributed by atoms with van der Waals surface area (Å²) in [5.74, 6) is 1.35. The van der Waals surface area contributed by atoms with E-state index in [1.165, 1.54) is 0 Å². The SMILES string of the molecule is COC(Nc1nc(Nc2cccc(Cl)c2)c2ncn(C(C)C)c2n1)C(C)C. The van der Waals surface area contributed by atoms with Crippen molar-refractivity contribution in [3.05, 3.63) is 35.6 Å². The molecule has 0 aliphatic rings. The minimum absolute atomic E-state index is 0.197. The minimum atomic E-state index is -0.197. The Balaban J connectivity index is 2.07. The number of benzene rings is 1. The Labute approximate surface area is 164 Å². The number of hydrogen-bond donors (Lipinski definition) is 2. The van der Waals surface area contributed by atoms with E-state index in [0.717, 1.165) is 11.3 Å². The number of fused-ring (bicyclic) bond motifs is 1. The summed E-state index contributed by atoms with van der Waals surface area (Å²) in [5, 5.41) is 7.22. The van der Waals surface area contributed by atoms with Gasteiger partial charge in [-0.3, -0.25) is 0 Å². The van der Waals surface area contributed by atoms with Gasteiger partial charge in [0, 0.05) is 23.9 Å². The zero-order valence-corrected chi connectivity index (χ0v) is 16.9. The molecule has 0 bridgehead atoms. The van der Waals surface area contributed by atoms with Gasteiger partial charge in [-0.15, -0.1) is 0 Å². The Morgan fingerprint density at radius 1 is 1.15 bits per heavy atom. The highest BCUT2D eigenvalue weighted by molar-refractivity contribution is 6.30. The van der Waals surface area contributed by atoms with Crippen LogP contribution >= 0.6 is 11.6 Å². The number of nitrogens with one attached hydrogen (secondary N) is 2. The van der Waals surface area contributed by atoms with E-state index >= 15 is 0 Å². The Hall–Kier alpha value is -2.38. The minimum Gasteiger partial charge on any atom is -0.361 e. The van der Waals surface area contributed by atoms with Crippen LogP contribution in [0.5, 0.6) is 0 Å². The van der Waals surface area contributed by atoms with Crippen LogP contribution in [0.3, 0.4) is 0 Å². The Morgan fingerprint density at radius 3 is 2.56 bits per heavy atom. The summed E-state index contributed by atoms with van der Waals surface area (Å²) in [6.45, 7) is 8.32. The molecule has 2 N–H and O–H groups in total. The fourth-order valence-electron chi connectivity index (χ4n) is 2.77. The van der Waals surface area contributed by atoms with E-state index in [0.29, 0.717) is 22.3 Å². The Bertz CT molecular complexity index is 924. The first kappa shape index (κ1) is 19.4. The lowest BCUT2D eigenvalue weighted by molar-refractivity contribution is 0.0870. The van der Waals surface area contributed by atoms with Crippen molar-refractivity contribution < 1.29 is 4.74 Å². The molecule has 2 aromatic heterocycles. The van der Waals surface area contributed by atoms with Crippen molar-refractivity contribution in [3.63, 3.8) is 0 Å². The third kappa shape index (κ3) is 4.31. The van der Waals surface area contributed by atoms with E-state index in [4.69, 9.17) is 16.3 Å². The predicted octanol–water partition coefficient (Wildman–Crippen LogP) is 4.84. The quantitative estimate of drug-likeness (QED) is 0.563. The first-order chi connectivity index (χ1) is 12.9. The molecule has 1 aromatic carbocycles. The first-order valence-corrected chi connectivity index (χ1v) is 9.33. The average molecular weight is 389 g/mol. The molecular formula is C19H25ClN6O. The zero-order valence-electron chi connectivity index (χ0n) is 16.2. The van der Waals surface area contributed by atoms with Crippen LogP contribution in [0.2, 0.25) is 5.02 Å². The van der Waals surface area contributed by atoms with Crippen LogP contribution in [0.1, 0.15) is 33.7 Å². The molecule has 0 aliphatic carbocycles. The molecule has 3 aromatic rings. The summed E-state index contributed by atoms with van der Waals surface area (Å²) in [5.41, 5.74) is 2.29. The molecule has 7 nitrogen and oxygen atoms in total. The third-order valence-corrected chi connectivity index (χ3v) is 4.43. The van der Waals surface area contributed by atoms with Gasteiger partial charge in [0.05, 0.1) is 6.33 Å². The zero-order chi connectivity index (χ0) is 19.6. The maximum absolute atomic E-state index is 6.11. The van der Waals surface area contributed by atoms with Crippen molar-refractivity contribution >= 4 is 40.2 Å². The molecule has 8 heteroatoms. The summed E-state index contributed by atoms with van der Waals surface area (Å²) < 4.78 is 7.53. The van der Waals surface area contributed by atoms with Crippen LogP contribution in [-0.2, 0) is 4.74 Å². The summed E-state index contributed by atoms with van der Waals surface area (Å²) in [6, 6.07) is 7.70. The van der Waals surface area contributed by atoms with E-state index in [-0.39, 0.29) is 18.2 Å². The van der Waals surface area contributed by atoms with Gasteiger partial charge in [0.1, 0.15) is 6.23 Å². The molecule has 0 radical (unpaired) electrons. The van der Waals surface area contributed by atoms with Gasteiger partial charge in [-0.1, -0.05) is 31.5 Å². The molecule has 2 heterocycles. The fraction of sp³-hybridized carbons (Fsp3) is 0.421. The molecule has 0 amide bonds. The van der Waals surface area contributed by atoms with E-state index in [1.807, 2.05) is 28.8 Å². The summed E-state index contributed by atoms with van der Waals surface area (Å²) >= 11 is 6.11. The Kier molecular flexibility index (Phi) is 5.82. The monoisotopic (exact) mass is 388 g/mol. The number of rotatable bonds is 7. The maximum atomic E-state index is 6.11. The average Bonchev–Trinajstić information content (AvgIpc) is 3.04. The van der Waals surface area contributed by atoms with Gasteiger partial charge in [0.25, 0.3) is 0 Å². The fourth-order valence-corrected chi connectivity index (χ4v) is 2.96. The van der Waals surface area contributed by atoms with E-state index < -0.39 is 0 Å². The van der Waals surface area contributed by atoms with Gasteiger partial charge >= 0.3 is 0 Å². The number of methoxy groups -OCH3 is 1. The highest BCUT2D eigenvalue weighted by Crippen LogP contribution is 2.27. The number of nitrogens with zero attached hydrogens (tertiary/aromatic N) is 4. The van der Waals surface area contributed by atoms with Gasteiger partial charge in [0.15, 0.2) is 17.0 Å². The summed E-state index contributed by atoms with van der Waals surface area (Å²) in [7, 11) is 1.67. The lowest BCUT2D eigenvalue weighted by atomic mass is 10.2. The van der Waals surface area contributed by atoms with E-state index in [9.17, 15) is 0 Å². The van der Waals surface area contributed by atoms with Crippen molar-refractivity contribution in [1.82, 2.24) is 19.5 Å². The molecule has 27 heavy (non-hydrogen) atoms. The van der Waals surface area contributed by atoms with Crippen LogP contribution < -0.4 is 10.6 Å². The summed E-state index contributed by atoms with van der Waals surface area (Å²) in [4.78, 5) is 13.8. The van der Waals surface area contributed by atoms with Crippen molar-refractivity contribution in [3.8, 4) is 0 Å². The second kappa shape index (κ2) is 8.10. The van der Waals surface area contributed by atoms with Crippen LogP contribution in [0, 0.1) is 5.92 Å². The molecule has 144 valence electrons. The smallest absolute Gasteiger partial charge is 0.228 e. The first-order valence-electron chi connectivity index (χ1n) is 8.95. The topological polar surface area (TPSA) is 76.9 Å². The van der Waals surface area contributed by atoms with Crippen molar-refractivity contribution in [2.24, 2.45) is 5.92 Å². The number of hydrogen-bond acceptors (Lipinski definition) is 6. The summed E-state index contributed by atoms with van der Waals surface area (Å²) in [6.07, 6.45) is 1.59. The maximum Gasteiger partial charge on any atom is 0.228 e. The molecule has 0 spiro atoms. The van der Waals surface area contributed by atoms with Gasteiger partial charge in [-0.05, 0) is 38.0 Å². The van der Waals surface area contributed by atoms with Crippen molar-refractivity contribution in [1.29, 1.82) is 0 Å². The molecule has 0 aliphatic heterocycles. The number of imidazole rings is 1. The molecular weight excluding hydrogens is 364 g/mol. The third-order valence-electron chi connectivity index (χ3n) is 4.20. The van der Waals surface area contributed by atoms with Crippen LogP contribution in [0.4, 0.5) is 17.5 Å². The van der Waals surface area contributed by atoms with E-state index in [1.54, 1.807) is 13.4 Å². The lowest BCUT2D eigenvalue weighted by Crippen LogP contribution is -2.28. The van der Waals surface area contributed by atoms with Crippen molar-refractivity contribution in [2.75, 3.05) is 17.7 Å². The van der Waals surface area contributed by atoms with Gasteiger partial charge < -0.3 is 19.9 Å². The second-order valence-corrected chi connectivity index (χ2v) is 7.43. The molecule has 1 atom stereocenters. The molecule has 0 saturated heterocycles. The van der Waals surface area contributed by atoms with Gasteiger partial charge in [-0.2, -0.15) is 9.97 Å². The predicted molar refractivity (Wildman–Crippen MR) is 110 cm³/mol. The largest absolute Gasteiger partial charge is 0.361 e. The highest BCUT2D eigenvalue weighted by atomic mass is 35.5. The second-order valence-electron chi connectivity index (χ2n) is 6.99. The molecule has 0 fully saturated rings. The standard InChI is InChI=1S/C19H25ClN6O/c1-11(2)18(27-5)25-19-23-16(22-14-8-6-7-13(20)9-14)15-17(24-19)26(10-21-15)12(3)4/h6-12,18H,1-5H3,(H2,22,23,24,25). The number of aromatic nitrogens is 4. The van der Waals surface area contributed by atoms with Crippen LogP contribution in [0.25, 0.3) is 11.2 Å². The highest BCUT2D eigenvalue weighted by Gasteiger charge is 2.18.